The zero-order valence-corrected chi connectivity index (χ0v) is 11.2. The predicted molar refractivity (Wildman–Crippen MR) is 71.1 cm³/mol. The molecule has 17 heavy (non-hydrogen) atoms. The number of carbonyl (C=O) groups excluding carboxylic acids is 1. The Bertz CT molecular complexity index is 525. The summed E-state index contributed by atoms with van der Waals surface area (Å²) in [6.07, 6.45) is 3.65. The van der Waals surface area contributed by atoms with E-state index in [0.717, 1.165) is 5.56 Å². The molecule has 0 fully saturated rings. The standard InChI is InChI=1S/C12H10BrClN2O/c13-10-3-1-2-9(11(10)14)12(17)16-7-8-4-5-15-6-8/h1-6,15H,7H2,(H,16,17). The summed E-state index contributed by atoms with van der Waals surface area (Å²) >= 11 is 9.32. The van der Waals surface area contributed by atoms with Gasteiger partial charge in [0, 0.05) is 23.4 Å². The topological polar surface area (TPSA) is 44.9 Å². The zero-order valence-electron chi connectivity index (χ0n) is 8.84. The van der Waals surface area contributed by atoms with Crippen LogP contribution in [0.15, 0.2) is 41.1 Å². The first-order valence-corrected chi connectivity index (χ1v) is 6.19. The van der Waals surface area contributed by atoms with Crippen molar-refractivity contribution < 1.29 is 4.79 Å². The van der Waals surface area contributed by atoms with E-state index in [0.29, 0.717) is 21.6 Å². The second-order valence-electron chi connectivity index (χ2n) is 3.50. The zero-order chi connectivity index (χ0) is 12.3. The van der Waals surface area contributed by atoms with Crippen molar-refractivity contribution >= 4 is 33.4 Å². The van der Waals surface area contributed by atoms with Crippen LogP contribution in [0, 0.1) is 0 Å². The van der Waals surface area contributed by atoms with Gasteiger partial charge in [0.05, 0.1) is 10.6 Å². The van der Waals surface area contributed by atoms with E-state index in [4.69, 9.17) is 11.6 Å². The number of nitrogens with one attached hydrogen (secondary N) is 2. The number of H-pyrrole nitrogens is 1. The number of hydrogen-bond donors (Lipinski definition) is 2. The molecule has 0 atom stereocenters. The van der Waals surface area contributed by atoms with Gasteiger partial charge in [-0.2, -0.15) is 0 Å². The molecular formula is C12H10BrClN2O. The summed E-state index contributed by atoms with van der Waals surface area (Å²) in [7, 11) is 0. The van der Waals surface area contributed by atoms with Gasteiger partial charge in [0.2, 0.25) is 0 Å². The van der Waals surface area contributed by atoms with Crippen LogP contribution in [0.2, 0.25) is 5.02 Å². The van der Waals surface area contributed by atoms with Crippen molar-refractivity contribution in [2.75, 3.05) is 0 Å². The van der Waals surface area contributed by atoms with E-state index in [9.17, 15) is 4.79 Å². The molecule has 5 heteroatoms. The van der Waals surface area contributed by atoms with Crippen LogP contribution in [0.25, 0.3) is 0 Å². The van der Waals surface area contributed by atoms with Gasteiger partial charge in [-0.3, -0.25) is 4.79 Å². The van der Waals surface area contributed by atoms with Crippen LogP contribution in [0.1, 0.15) is 15.9 Å². The van der Waals surface area contributed by atoms with Gasteiger partial charge >= 0.3 is 0 Å². The van der Waals surface area contributed by atoms with E-state index in [1.54, 1.807) is 18.2 Å². The maximum absolute atomic E-state index is 11.9. The van der Waals surface area contributed by atoms with Crippen molar-refractivity contribution in [1.29, 1.82) is 0 Å². The maximum Gasteiger partial charge on any atom is 0.253 e. The van der Waals surface area contributed by atoms with E-state index < -0.39 is 0 Å². The summed E-state index contributed by atoms with van der Waals surface area (Å²) in [4.78, 5) is 14.8. The lowest BCUT2D eigenvalue weighted by atomic mass is 10.2. The van der Waals surface area contributed by atoms with Crippen molar-refractivity contribution in [2.45, 2.75) is 6.54 Å². The van der Waals surface area contributed by atoms with Gasteiger partial charge in [0.1, 0.15) is 0 Å². The maximum atomic E-state index is 11.9. The molecule has 1 aromatic carbocycles. The summed E-state index contributed by atoms with van der Waals surface area (Å²) < 4.78 is 0.716. The second kappa shape index (κ2) is 5.38. The molecule has 0 saturated heterocycles. The van der Waals surface area contributed by atoms with E-state index in [-0.39, 0.29) is 5.91 Å². The van der Waals surface area contributed by atoms with Crippen LogP contribution < -0.4 is 5.32 Å². The van der Waals surface area contributed by atoms with Gasteiger partial charge < -0.3 is 10.3 Å². The van der Waals surface area contributed by atoms with Gasteiger partial charge in [-0.05, 0) is 39.7 Å². The van der Waals surface area contributed by atoms with Gasteiger partial charge in [-0.15, -0.1) is 0 Å². The third-order valence-corrected chi connectivity index (χ3v) is 3.61. The number of aromatic nitrogens is 1. The van der Waals surface area contributed by atoms with Gasteiger partial charge in [0.25, 0.3) is 5.91 Å². The first-order valence-electron chi connectivity index (χ1n) is 5.02. The van der Waals surface area contributed by atoms with E-state index in [1.807, 2.05) is 18.5 Å². The minimum atomic E-state index is -0.183. The van der Waals surface area contributed by atoms with Gasteiger partial charge in [-0.1, -0.05) is 17.7 Å². The number of benzene rings is 1. The minimum Gasteiger partial charge on any atom is -0.367 e. The molecule has 1 amide bonds. The van der Waals surface area contributed by atoms with Crippen LogP contribution in [0.4, 0.5) is 0 Å². The van der Waals surface area contributed by atoms with E-state index in [2.05, 4.69) is 26.2 Å². The molecule has 2 rings (SSSR count). The monoisotopic (exact) mass is 312 g/mol. The Kier molecular flexibility index (Phi) is 3.86. The Hall–Kier alpha value is -1.26. The average Bonchev–Trinajstić information content (AvgIpc) is 2.82. The fourth-order valence-electron chi connectivity index (χ4n) is 1.43. The molecule has 0 spiro atoms. The average molecular weight is 314 g/mol. The minimum absolute atomic E-state index is 0.183. The summed E-state index contributed by atoms with van der Waals surface area (Å²) in [5, 5.41) is 3.23. The van der Waals surface area contributed by atoms with Gasteiger partial charge in [0.15, 0.2) is 0 Å². The third kappa shape index (κ3) is 2.90. The van der Waals surface area contributed by atoms with E-state index >= 15 is 0 Å². The largest absolute Gasteiger partial charge is 0.367 e. The second-order valence-corrected chi connectivity index (χ2v) is 4.74. The summed E-state index contributed by atoms with van der Waals surface area (Å²) in [6.45, 7) is 0.477. The Morgan fingerprint density at radius 3 is 2.94 bits per heavy atom. The molecule has 1 aromatic heterocycles. The summed E-state index contributed by atoms with van der Waals surface area (Å²) in [6, 6.07) is 7.18. The number of aromatic amines is 1. The molecule has 0 aliphatic carbocycles. The van der Waals surface area contributed by atoms with Crippen LogP contribution in [-0.4, -0.2) is 10.9 Å². The number of amides is 1. The van der Waals surface area contributed by atoms with Crippen molar-refractivity contribution in [2.24, 2.45) is 0 Å². The van der Waals surface area contributed by atoms with Gasteiger partial charge in [-0.25, -0.2) is 0 Å². The lowest BCUT2D eigenvalue weighted by molar-refractivity contribution is 0.0951. The molecular weight excluding hydrogens is 304 g/mol. The molecule has 3 nitrogen and oxygen atoms in total. The lowest BCUT2D eigenvalue weighted by Crippen LogP contribution is -2.22. The fraction of sp³-hybridized carbons (Fsp3) is 0.0833. The Labute approximate surface area is 112 Å². The molecule has 0 aliphatic heterocycles. The predicted octanol–water partition coefficient (Wildman–Crippen LogP) is 3.36. The smallest absolute Gasteiger partial charge is 0.253 e. The number of carbonyl (C=O) groups is 1. The molecule has 0 unspecified atom stereocenters. The fourth-order valence-corrected chi connectivity index (χ4v) is 2.00. The molecule has 0 aliphatic rings. The third-order valence-electron chi connectivity index (χ3n) is 2.31. The molecule has 88 valence electrons. The number of rotatable bonds is 3. The van der Waals surface area contributed by atoms with Crippen LogP contribution in [-0.2, 0) is 6.54 Å². The normalized spacial score (nSPS) is 10.2. The molecule has 0 radical (unpaired) electrons. The highest BCUT2D eigenvalue weighted by Gasteiger charge is 2.11. The highest BCUT2D eigenvalue weighted by atomic mass is 79.9. The number of hydrogen-bond acceptors (Lipinski definition) is 1. The van der Waals surface area contributed by atoms with Crippen molar-refractivity contribution in [1.82, 2.24) is 10.3 Å². The van der Waals surface area contributed by atoms with Crippen LogP contribution in [0.3, 0.4) is 0 Å². The summed E-state index contributed by atoms with van der Waals surface area (Å²) in [5.74, 6) is -0.183. The van der Waals surface area contributed by atoms with Crippen molar-refractivity contribution in [3.05, 3.63) is 57.3 Å². The molecule has 1 heterocycles. The van der Waals surface area contributed by atoms with Crippen LogP contribution in [0.5, 0.6) is 0 Å². The lowest BCUT2D eigenvalue weighted by Gasteiger charge is -2.06. The molecule has 2 aromatic rings. The quantitative estimate of drug-likeness (QED) is 0.896. The summed E-state index contributed by atoms with van der Waals surface area (Å²) in [5.41, 5.74) is 1.49. The van der Waals surface area contributed by atoms with Crippen molar-refractivity contribution in [3.63, 3.8) is 0 Å². The first-order chi connectivity index (χ1) is 8.18. The molecule has 0 bridgehead atoms. The SMILES string of the molecule is O=C(NCc1cc[nH]c1)c1cccc(Br)c1Cl. The molecule has 0 saturated carbocycles. The first kappa shape index (κ1) is 12.2. The highest BCUT2D eigenvalue weighted by molar-refractivity contribution is 9.10. The van der Waals surface area contributed by atoms with Crippen molar-refractivity contribution in [3.8, 4) is 0 Å². The highest BCUT2D eigenvalue weighted by Crippen LogP contribution is 2.25. The Balaban J connectivity index is 2.07. The Morgan fingerprint density at radius 2 is 2.24 bits per heavy atom. The Morgan fingerprint density at radius 1 is 1.41 bits per heavy atom. The van der Waals surface area contributed by atoms with E-state index in [1.165, 1.54) is 0 Å². The van der Waals surface area contributed by atoms with Crippen LogP contribution >= 0.6 is 27.5 Å². The molecule has 2 N–H and O–H groups in total. The number of halogens is 2.